The van der Waals surface area contributed by atoms with E-state index in [1.54, 1.807) is 24.7 Å². The fraction of sp³-hybridized carbons (Fsp3) is 0.118. The summed E-state index contributed by atoms with van der Waals surface area (Å²) in [5, 5.41) is 12.1. The lowest BCUT2D eigenvalue weighted by molar-refractivity contribution is 0.131. The molecule has 0 bridgehead atoms. The second kappa shape index (κ2) is 6.53. The summed E-state index contributed by atoms with van der Waals surface area (Å²) in [5.41, 5.74) is 1.74. The summed E-state index contributed by atoms with van der Waals surface area (Å²) in [6.45, 7) is 0. The molecule has 1 heterocycles. The number of aliphatic hydroxyl groups is 1. The van der Waals surface area contributed by atoms with E-state index in [9.17, 15) is 5.11 Å². The van der Waals surface area contributed by atoms with Gasteiger partial charge in [0.25, 0.3) is 0 Å². The Bertz CT molecular complexity index is 724. The van der Waals surface area contributed by atoms with Crippen LogP contribution in [0.4, 0.5) is 0 Å². The molecule has 0 aliphatic heterocycles. The van der Waals surface area contributed by atoms with Crippen molar-refractivity contribution in [1.29, 1.82) is 0 Å². The normalized spacial score (nSPS) is 13.8. The van der Waals surface area contributed by atoms with Crippen LogP contribution in [0.25, 0.3) is 0 Å². The number of nitrogens with zero attached hydrogens (tertiary/aromatic N) is 2. The molecule has 1 N–H and O–H groups in total. The fourth-order valence-corrected chi connectivity index (χ4v) is 2.71. The van der Waals surface area contributed by atoms with Crippen molar-refractivity contribution in [3.05, 3.63) is 88.4 Å². The predicted octanol–water partition coefficient (Wildman–Crippen LogP) is 4.51. The van der Waals surface area contributed by atoms with Crippen LogP contribution in [-0.4, -0.2) is 14.7 Å². The van der Waals surface area contributed by atoms with Crippen molar-refractivity contribution in [2.75, 3.05) is 0 Å². The van der Waals surface area contributed by atoms with Crippen molar-refractivity contribution in [2.45, 2.75) is 12.1 Å². The molecule has 112 valence electrons. The van der Waals surface area contributed by atoms with Crippen molar-refractivity contribution in [2.24, 2.45) is 0 Å². The number of hydrogen-bond donors (Lipinski definition) is 1. The van der Waals surface area contributed by atoms with Crippen molar-refractivity contribution in [1.82, 2.24) is 9.55 Å². The average molecular weight is 333 g/mol. The largest absolute Gasteiger partial charge is 0.386 e. The molecule has 0 aliphatic rings. The number of aromatic nitrogens is 2. The Hall–Kier alpha value is -1.81. The van der Waals surface area contributed by atoms with Gasteiger partial charge in [0, 0.05) is 22.4 Å². The summed E-state index contributed by atoms with van der Waals surface area (Å²) in [7, 11) is 0. The number of hydrogen-bond acceptors (Lipinski definition) is 2. The molecule has 0 fully saturated rings. The maximum atomic E-state index is 10.8. The number of imidazole rings is 1. The van der Waals surface area contributed by atoms with Gasteiger partial charge in [-0.1, -0.05) is 47.5 Å². The predicted molar refractivity (Wildman–Crippen MR) is 88.2 cm³/mol. The van der Waals surface area contributed by atoms with E-state index in [2.05, 4.69) is 4.98 Å². The molecule has 1 aromatic heterocycles. The molecule has 22 heavy (non-hydrogen) atoms. The van der Waals surface area contributed by atoms with Gasteiger partial charge in [-0.05, 0) is 35.4 Å². The van der Waals surface area contributed by atoms with E-state index in [1.165, 1.54) is 0 Å². The first-order valence-corrected chi connectivity index (χ1v) is 7.57. The van der Waals surface area contributed by atoms with Gasteiger partial charge in [-0.2, -0.15) is 0 Å². The van der Waals surface area contributed by atoms with E-state index in [0.717, 1.165) is 11.1 Å². The van der Waals surface area contributed by atoms with Crippen molar-refractivity contribution in [3.63, 3.8) is 0 Å². The summed E-state index contributed by atoms with van der Waals surface area (Å²) >= 11 is 11.9. The van der Waals surface area contributed by atoms with Crippen LogP contribution in [0.2, 0.25) is 10.0 Å². The monoisotopic (exact) mass is 332 g/mol. The Labute approximate surface area is 138 Å². The zero-order valence-electron chi connectivity index (χ0n) is 11.6. The summed E-state index contributed by atoms with van der Waals surface area (Å²) in [4.78, 5) is 4.08. The molecule has 3 rings (SSSR count). The molecule has 2 aromatic carbocycles. The molecule has 2 atom stereocenters. The maximum absolute atomic E-state index is 10.8. The first-order chi connectivity index (χ1) is 10.6. The SMILES string of the molecule is OC(c1ccc(Cl)cc1)C(c1ccc(Cl)cc1)n1ccnc1. The van der Waals surface area contributed by atoms with Crippen LogP contribution in [-0.2, 0) is 0 Å². The first kappa shape index (κ1) is 15.1. The van der Waals surface area contributed by atoms with E-state index in [0.29, 0.717) is 10.0 Å². The van der Waals surface area contributed by atoms with Crippen LogP contribution in [0.1, 0.15) is 23.3 Å². The molecule has 2 unspecified atom stereocenters. The Balaban J connectivity index is 2.01. The molecule has 3 aromatic rings. The molecule has 3 nitrogen and oxygen atoms in total. The highest BCUT2D eigenvalue weighted by atomic mass is 35.5. The first-order valence-electron chi connectivity index (χ1n) is 6.81. The van der Waals surface area contributed by atoms with Gasteiger partial charge in [-0.25, -0.2) is 4.98 Å². The summed E-state index contributed by atoms with van der Waals surface area (Å²) in [6, 6.07) is 14.4. The smallest absolute Gasteiger partial charge is 0.104 e. The summed E-state index contributed by atoms with van der Waals surface area (Å²) in [5.74, 6) is 0. The molecule has 0 saturated carbocycles. The zero-order chi connectivity index (χ0) is 15.5. The van der Waals surface area contributed by atoms with Gasteiger partial charge in [0.05, 0.1) is 12.4 Å². The molecular formula is C17H14Cl2N2O. The van der Waals surface area contributed by atoms with Gasteiger partial charge in [0.2, 0.25) is 0 Å². The highest BCUT2D eigenvalue weighted by molar-refractivity contribution is 6.30. The van der Waals surface area contributed by atoms with Gasteiger partial charge in [0.1, 0.15) is 6.10 Å². The Morgan fingerprint density at radius 3 is 1.91 bits per heavy atom. The minimum absolute atomic E-state index is 0.291. The van der Waals surface area contributed by atoms with Crippen molar-refractivity contribution in [3.8, 4) is 0 Å². The third-order valence-corrected chi connectivity index (χ3v) is 4.07. The lowest BCUT2D eigenvalue weighted by Crippen LogP contribution is -2.18. The van der Waals surface area contributed by atoms with Crippen LogP contribution < -0.4 is 0 Å². The number of benzene rings is 2. The Morgan fingerprint density at radius 1 is 0.864 bits per heavy atom. The van der Waals surface area contributed by atoms with Gasteiger partial charge >= 0.3 is 0 Å². The molecule has 0 saturated heterocycles. The topological polar surface area (TPSA) is 38.0 Å². The quantitative estimate of drug-likeness (QED) is 0.763. The van der Waals surface area contributed by atoms with E-state index >= 15 is 0 Å². The molecule has 0 aliphatic carbocycles. The van der Waals surface area contributed by atoms with E-state index in [1.807, 2.05) is 47.2 Å². The highest BCUT2D eigenvalue weighted by Crippen LogP contribution is 2.33. The Kier molecular flexibility index (Phi) is 4.48. The fourth-order valence-electron chi connectivity index (χ4n) is 2.45. The van der Waals surface area contributed by atoms with E-state index < -0.39 is 6.10 Å². The van der Waals surface area contributed by atoms with E-state index in [4.69, 9.17) is 23.2 Å². The Morgan fingerprint density at radius 2 is 1.41 bits per heavy atom. The molecule has 0 spiro atoms. The number of aliphatic hydroxyl groups excluding tert-OH is 1. The highest BCUT2D eigenvalue weighted by Gasteiger charge is 2.24. The molecule has 0 radical (unpaired) electrons. The summed E-state index contributed by atoms with van der Waals surface area (Å²) in [6.07, 6.45) is 4.49. The minimum Gasteiger partial charge on any atom is -0.386 e. The molecular weight excluding hydrogens is 319 g/mol. The maximum Gasteiger partial charge on any atom is 0.104 e. The third-order valence-electron chi connectivity index (χ3n) is 3.57. The third kappa shape index (κ3) is 3.17. The van der Waals surface area contributed by atoms with Gasteiger partial charge in [-0.3, -0.25) is 0 Å². The van der Waals surface area contributed by atoms with E-state index in [-0.39, 0.29) is 6.04 Å². The van der Waals surface area contributed by atoms with Crippen LogP contribution in [0, 0.1) is 0 Å². The lowest BCUT2D eigenvalue weighted by Gasteiger charge is -2.25. The number of halogens is 2. The minimum atomic E-state index is -0.729. The van der Waals surface area contributed by atoms with Crippen LogP contribution in [0.5, 0.6) is 0 Å². The zero-order valence-corrected chi connectivity index (χ0v) is 13.1. The van der Waals surface area contributed by atoms with Crippen molar-refractivity contribution < 1.29 is 5.11 Å². The van der Waals surface area contributed by atoms with Crippen LogP contribution in [0.3, 0.4) is 0 Å². The van der Waals surface area contributed by atoms with Crippen LogP contribution in [0.15, 0.2) is 67.3 Å². The van der Waals surface area contributed by atoms with Crippen LogP contribution >= 0.6 is 23.2 Å². The molecule has 5 heteroatoms. The van der Waals surface area contributed by atoms with Gasteiger partial charge < -0.3 is 9.67 Å². The average Bonchev–Trinajstić information content (AvgIpc) is 3.04. The summed E-state index contributed by atoms with van der Waals surface area (Å²) < 4.78 is 1.88. The molecule has 0 amide bonds. The number of rotatable bonds is 4. The standard InChI is InChI=1S/C17H14Cl2N2O/c18-14-5-1-12(2-6-14)16(21-10-9-20-11-21)17(22)13-3-7-15(19)8-4-13/h1-11,16-17,22H. The van der Waals surface area contributed by atoms with Crippen molar-refractivity contribution >= 4 is 23.2 Å². The van der Waals surface area contributed by atoms with Gasteiger partial charge in [0.15, 0.2) is 0 Å². The second-order valence-electron chi connectivity index (χ2n) is 5.00. The lowest BCUT2D eigenvalue weighted by atomic mass is 9.95. The van der Waals surface area contributed by atoms with Gasteiger partial charge in [-0.15, -0.1) is 0 Å². The second-order valence-corrected chi connectivity index (χ2v) is 5.88.